The van der Waals surface area contributed by atoms with Gasteiger partial charge in [-0.15, -0.1) is 10.2 Å². The fourth-order valence-corrected chi connectivity index (χ4v) is 2.58. The van der Waals surface area contributed by atoms with Crippen LogP contribution in [0, 0.1) is 24.1 Å². The Morgan fingerprint density at radius 1 is 0.679 bits per heavy atom. The Morgan fingerprint density at radius 3 is 1.54 bits per heavy atom. The number of benzene rings is 2. The first-order valence-corrected chi connectivity index (χ1v) is 10.0. The highest BCUT2D eigenvalue weighted by Gasteiger charge is 2.21. The zero-order valence-electron chi connectivity index (χ0n) is 16.3. The number of hydrogen-bond acceptors (Lipinski definition) is 4. The van der Waals surface area contributed by atoms with E-state index < -0.39 is 10.2 Å². The summed E-state index contributed by atoms with van der Waals surface area (Å²) in [4.78, 5) is 0. The summed E-state index contributed by atoms with van der Waals surface area (Å²) in [6.45, 7) is 8.54. The molecule has 0 radical (unpaired) electrons. The largest absolute Gasteiger partial charge is 0.360 e. The summed E-state index contributed by atoms with van der Waals surface area (Å²) >= 11 is 0. The smallest absolute Gasteiger partial charge is 0.222 e. The van der Waals surface area contributed by atoms with Crippen molar-refractivity contribution in [1.29, 1.82) is 0 Å². The first kappa shape index (κ1) is 22.0. The van der Waals surface area contributed by atoms with E-state index in [0.29, 0.717) is 5.92 Å². The summed E-state index contributed by atoms with van der Waals surface area (Å²) < 4.78 is 40.1. The summed E-state index contributed by atoms with van der Waals surface area (Å²) in [5, 5.41) is 0. The van der Waals surface area contributed by atoms with E-state index in [9.17, 15) is 0 Å². The van der Waals surface area contributed by atoms with Crippen LogP contribution in [0.25, 0.3) is 22.5 Å². The maximum atomic E-state index is 8.49. The van der Waals surface area contributed by atoms with Gasteiger partial charge < -0.3 is 0 Å². The molecule has 0 unspecified atom stereocenters. The lowest BCUT2D eigenvalue weighted by Crippen LogP contribution is -2.68. The van der Waals surface area contributed by atoms with Crippen LogP contribution in [0.2, 0.25) is 0 Å². The highest BCUT2D eigenvalue weighted by Crippen LogP contribution is 2.31. The van der Waals surface area contributed by atoms with Crippen molar-refractivity contribution in [3.63, 3.8) is 0 Å². The SMILES string of the molecule is Cc1ccc(-c2cc(-c3ccc(C)cc3)[o+]c(C(C)C)c2)cc1.[O-][Cl+3]([O-])([O-])[O-]. The molecule has 3 aromatic rings. The Balaban J connectivity index is 0.000000500. The molecule has 2 aromatic carbocycles. The van der Waals surface area contributed by atoms with E-state index in [1.54, 1.807) is 0 Å². The third-order valence-electron chi connectivity index (χ3n) is 4.10. The molecule has 0 fully saturated rings. The van der Waals surface area contributed by atoms with E-state index >= 15 is 0 Å². The van der Waals surface area contributed by atoms with E-state index in [4.69, 9.17) is 23.1 Å². The fourth-order valence-electron chi connectivity index (χ4n) is 2.58. The molecule has 1 aromatic heterocycles. The molecule has 0 aliphatic carbocycles. The highest BCUT2D eigenvalue weighted by molar-refractivity contribution is 5.70. The van der Waals surface area contributed by atoms with Gasteiger partial charge in [0.15, 0.2) is 0 Å². The second kappa shape index (κ2) is 9.28. The first-order valence-electron chi connectivity index (χ1n) is 8.77. The van der Waals surface area contributed by atoms with Gasteiger partial charge in [-0.05, 0) is 31.5 Å². The zero-order valence-corrected chi connectivity index (χ0v) is 17.0. The van der Waals surface area contributed by atoms with Crippen LogP contribution in [0.15, 0.2) is 65.1 Å². The van der Waals surface area contributed by atoms with Gasteiger partial charge in [0.1, 0.15) is 0 Å². The summed E-state index contributed by atoms with van der Waals surface area (Å²) in [5.74, 6) is 2.29. The number of halogens is 1. The average molecular weight is 403 g/mol. The topological polar surface area (TPSA) is 104 Å². The van der Waals surface area contributed by atoms with E-state index in [0.717, 1.165) is 17.1 Å². The molecule has 0 saturated heterocycles. The molecule has 3 rings (SSSR count). The first-order chi connectivity index (χ1) is 13.0. The van der Waals surface area contributed by atoms with Gasteiger partial charge in [-0.2, -0.15) is 0 Å². The lowest BCUT2D eigenvalue weighted by atomic mass is 10.00. The Morgan fingerprint density at radius 2 is 1.11 bits per heavy atom. The molecule has 0 saturated carbocycles. The van der Waals surface area contributed by atoms with Gasteiger partial charge in [0.2, 0.25) is 0 Å². The van der Waals surface area contributed by atoms with Crippen molar-refractivity contribution in [3.05, 3.63) is 77.6 Å². The molecule has 0 aliphatic heterocycles. The Hall–Kier alpha value is -2.28. The maximum absolute atomic E-state index is 8.49. The van der Waals surface area contributed by atoms with E-state index in [1.165, 1.54) is 22.3 Å². The van der Waals surface area contributed by atoms with Crippen molar-refractivity contribution in [3.8, 4) is 22.5 Å². The number of aryl methyl sites for hydroxylation is 2. The lowest BCUT2D eigenvalue weighted by Gasteiger charge is -2.17. The molecular formula is C22H23ClO5. The minimum atomic E-state index is -4.94. The normalized spacial score (nSPS) is 11.2. The standard InChI is InChI=1S/C22H23O.ClHO4/c1-15(2)21-13-20(18-9-5-16(3)6-10-18)14-22(23-21)19-11-7-17(4)8-12-19;2-1(3,4)5/h5-15H,1-4H3;(H,2,3,4,5)/q+1;/p-1. The van der Waals surface area contributed by atoms with Gasteiger partial charge in [0.05, 0.1) is 17.5 Å². The van der Waals surface area contributed by atoms with E-state index in [2.05, 4.69) is 88.4 Å². The molecule has 28 heavy (non-hydrogen) atoms. The molecule has 0 N–H and O–H groups in total. The number of hydrogen-bond donors (Lipinski definition) is 0. The minimum absolute atomic E-state index is 0.351. The van der Waals surface area contributed by atoms with Crippen molar-refractivity contribution in [2.24, 2.45) is 0 Å². The van der Waals surface area contributed by atoms with Crippen molar-refractivity contribution in [2.75, 3.05) is 0 Å². The van der Waals surface area contributed by atoms with Crippen LogP contribution < -0.4 is 18.6 Å². The Bertz CT molecular complexity index is 828. The Kier molecular flexibility index (Phi) is 7.29. The second-order valence-electron chi connectivity index (χ2n) is 6.88. The molecule has 148 valence electrons. The van der Waals surface area contributed by atoms with E-state index in [-0.39, 0.29) is 0 Å². The molecule has 0 atom stereocenters. The second-order valence-corrected chi connectivity index (χ2v) is 7.63. The minimum Gasteiger partial charge on any atom is -0.222 e. The van der Waals surface area contributed by atoms with E-state index in [1.807, 2.05) is 0 Å². The van der Waals surface area contributed by atoms with Gasteiger partial charge in [-0.25, -0.2) is 23.1 Å². The maximum Gasteiger partial charge on any atom is 0.360 e. The monoisotopic (exact) mass is 402 g/mol. The molecule has 0 aliphatic rings. The summed E-state index contributed by atoms with van der Waals surface area (Å²) in [7, 11) is -4.94. The third-order valence-corrected chi connectivity index (χ3v) is 4.10. The van der Waals surface area contributed by atoms with Crippen LogP contribution in [0.5, 0.6) is 0 Å². The van der Waals surface area contributed by atoms with Crippen molar-refractivity contribution in [1.82, 2.24) is 0 Å². The third kappa shape index (κ3) is 7.03. The number of rotatable bonds is 3. The van der Waals surface area contributed by atoms with Crippen LogP contribution in [-0.4, -0.2) is 0 Å². The summed E-state index contributed by atoms with van der Waals surface area (Å²) in [5.41, 5.74) is 6.08. The van der Waals surface area contributed by atoms with Gasteiger partial charge in [-0.1, -0.05) is 61.4 Å². The van der Waals surface area contributed by atoms with Crippen molar-refractivity contribution >= 4 is 0 Å². The molecule has 0 bridgehead atoms. The quantitative estimate of drug-likeness (QED) is 0.622. The van der Waals surface area contributed by atoms with Gasteiger partial charge in [-0.3, -0.25) is 0 Å². The molecule has 6 heteroatoms. The Labute approximate surface area is 167 Å². The lowest BCUT2D eigenvalue weighted by molar-refractivity contribution is -2.00. The molecule has 5 nitrogen and oxygen atoms in total. The molecular weight excluding hydrogens is 380 g/mol. The molecule has 1 heterocycles. The summed E-state index contributed by atoms with van der Waals surface area (Å²) in [6.07, 6.45) is 0. The molecule has 0 amide bonds. The van der Waals surface area contributed by atoms with Gasteiger partial charge >= 0.3 is 11.5 Å². The predicted octanol–water partition coefficient (Wildman–Crippen LogP) is 1.88. The van der Waals surface area contributed by atoms with Gasteiger partial charge in [0, 0.05) is 11.6 Å². The van der Waals surface area contributed by atoms with Crippen LogP contribution >= 0.6 is 0 Å². The predicted molar refractivity (Wildman–Crippen MR) is 97.6 cm³/mol. The molecule has 0 spiro atoms. The van der Waals surface area contributed by atoms with Gasteiger partial charge in [0.25, 0.3) is 0 Å². The fraction of sp³-hybridized carbons (Fsp3) is 0.227. The van der Waals surface area contributed by atoms with Crippen molar-refractivity contribution < 1.29 is 33.3 Å². The summed E-state index contributed by atoms with van der Waals surface area (Å²) in [6, 6.07) is 21.4. The average Bonchev–Trinajstić information content (AvgIpc) is 2.61. The van der Waals surface area contributed by atoms with Crippen LogP contribution in [0.3, 0.4) is 0 Å². The van der Waals surface area contributed by atoms with Crippen LogP contribution in [-0.2, 0) is 0 Å². The zero-order chi connectivity index (χ0) is 20.9. The highest BCUT2D eigenvalue weighted by atomic mass is 35.7. The van der Waals surface area contributed by atoms with Crippen molar-refractivity contribution in [2.45, 2.75) is 33.6 Å². The van der Waals surface area contributed by atoms with Crippen LogP contribution in [0.1, 0.15) is 36.7 Å². The van der Waals surface area contributed by atoms with Crippen LogP contribution in [0.4, 0.5) is 0 Å².